The van der Waals surface area contributed by atoms with Gasteiger partial charge < -0.3 is 23.4 Å². The Morgan fingerprint density at radius 2 is 1.26 bits per heavy atom. The molecule has 0 spiro atoms. The molecule has 0 atom stereocenters. The first-order valence-electron chi connectivity index (χ1n) is 9.44. The Labute approximate surface area is 178 Å². The minimum absolute atomic E-state index is 0.144. The molecule has 156 valence electrons. The smallest absolute Gasteiger partial charge is 0.200 e. The van der Waals surface area contributed by atoms with Crippen LogP contribution in [0.1, 0.15) is 11.1 Å². The van der Waals surface area contributed by atoms with Gasteiger partial charge in [-0.05, 0) is 36.4 Å². The first-order valence-corrected chi connectivity index (χ1v) is 9.44. The molecule has 3 aromatic carbocycles. The summed E-state index contributed by atoms with van der Waals surface area (Å²) in [6.45, 7) is 0. The van der Waals surface area contributed by atoms with Gasteiger partial charge in [0.15, 0.2) is 11.5 Å². The van der Waals surface area contributed by atoms with Crippen molar-refractivity contribution in [3.05, 3.63) is 69.9 Å². The molecule has 4 aromatic rings. The minimum Gasteiger partial charge on any atom is -0.497 e. The second kappa shape index (κ2) is 8.33. The molecule has 6 heteroatoms. The van der Waals surface area contributed by atoms with Crippen molar-refractivity contribution in [2.45, 2.75) is 0 Å². The van der Waals surface area contributed by atoms with Crippen molar-refractivity contribution >= 4 is 21.9 Å². The van der Waals surface area contributed by atoms with E-state index in [1.807, 2.05) is 12.1 Å². The van der Waals surface area contributed by atoms with Crippen molar-refractivity contribution in [3.63, 3.8) is 0 Å². The largest absolute Gasteiger partial charge is 0.497 e. The molecule has 0 saturated heterocycles. The molecule has 31 heavy (non-hydrogen) atoms. The topological polar surface area (TPSA) is 67.1 Å². The monoisotopic (exact) mass is 416 g/mol. The van der Waals surface area contributed by atoms with Gasteiger partial charge in [-0.1, -0.05) is 11.8 Å². The van der Waals surface area contributed by atoms with Crippen LogP contribution in [0.2, 0.25) is 0 Å². The zero-order valence-electron chi connectivity index (χ0n) is 17.6. The summed E-state index contributed by atoms with van der Waals surface area (Å²) in [4.78, 5) is 13.0. The summed E-state index contributed by atoms with van der Waals surface area (Å²) in [7, 11) is 6.23. The van der Waals surface area contributed by atoms with Gasteiger partial charge in [0.2, 0.25) is 5.43 Å². The van der Waals surface area contributed by atoms with Crippen LogP contribution in [0.5, 0.6) is 23.0 Å². The molecule has 6 nitrogen and oxygen atoms in total. The molecule has 0 amide bonds. The summed E-state index contributed by atoms with van der Waals surface area (Å²) in [5.74, 6) is 8.46. The average molecular weight is 416 g/mol. The molecule has 1 aromatic heterocycles. The Hall–Kier alpha value is -4.11. The standard InChI is InChI=1S/C25H20O6/c1-27-17-9-16(10-18(12-17)28-2)6-5-15-7-8-19-21(11-15)31-22-14-24(30-4)23(29-3)13-20(22)25(19)26/h7-14H,1-4H3. The summed E-state index contributed by atoms with van der Waals surface area (Å²) in [6.07, 6.45) is 0. The fourth-order valence-corrected chi connectivity index (χ4v) is 3.28. The lowest BCUT2D eigenvalue weighted by atomic mass is 10.1. The molecular formula is C25H20O6. The van der Waals surface area contributed by atoms with Crippen LogP contribution >= 0.6 is 0 Å². The average Bonchev–Trinajstić information content (AvgIpc) is 2.81. The second-order valence-corrected chi connectivity index (χ2v) is 6.70. The Bertz CT molecular complexity index is 1380. The third-order valence-corrected chi connectivity index (χ3v) is 4.88. The zero-order valence-corrected chi connectivity index (χ0v) is 17.6. The van der Waals surface area contributed by atoms with Gasteiger partial charge in [-0.2, -0.15) is 0 Å². The Kier molecular flexibility index (Phi) is 5.42. The van der Waals surface area contributed by atoms with Gasteiger partial charge in [0.25, 0.3) is 0 Å². The summed E-state index contributed by atoms with van der Waals surface area (Å²) >= 11 is 0. The van der Waals surface area contributed by atoms with Crippen LogP contribution < -0.4 is 24.4 Å². The van der Waals surface area contributed by atoms with E-state index in [-0.39, 0.29) is 5.43 Å². The lowest BCUT2D eigenvalue weighted by molar-refractivity contribution is 0.355. The molecule has 0 saturated carbocycles. The van der Waals surface area contributed by atoms with Gasteiger partial charge in [-0.15, -0.1) is 0 Å². The summed E-state index contributed by atoms with van der Waals surface area (Å²) in [5, 5.41) is 0.890. The molecule has 4 rings (SSSR count). The van der Waals surface area contributed by atoms with Gasteiger partial charge in [-0.3, -0.25) is 4.79 Å². The maximum absolute atomic E-state index is 13.0. The highest BCUT2D eigenvalue weighted by Gasteiger charge is 2.13. The molecule has 0 radical (unpaired) electrons. The van der Waals surface area contributed by atoms with Crippen molar-refractivity contribution in [1.82, 2.24) is 0 Å². The first-order chi connectivity index (χ1) is 15.1. The highest BCUT2D eigenvalue weighted by atomic mass is 16.5. The van der Waals surface area contributed by atoms with E-state index < -0.39 is 0 Å². The number of methoxy groups -OCH3 is 4. The highest BCUT2D eigenvalue weighted by molar-refractivity contribution is 5.91. The van der Waals surface area contributed by atoms with E-state index in [1.54, 1.807) is 50.6 Å². The molecule has 0 unspecified atom stereocenters. The van der Waals surface area contributed by atoms with Crippen molar-refractivity contribution in [1.29, 1.82) is 0 Å². The van der Waals surface area contributed by atoms with E-state index in [2.05, 4.69) is 11.8 Å². The molecule has 0 aliphatic rings. The Balaban J connectivity index is 1.81. The van der Waals surface area contributed by atoms with E-state index in [4.69, 9.17) is 23.4 Å². The lowest BCUT2D eigenvalue weighted by Crippen LogP contribution is -2.03. The van der Waals surface area contributed by atoms with Crippen LogP contribution in [0.15, 0.2) is 57.7 Å². The molecule has 0 bridgehead atoms. The normalized spacial score (nSPS) is 10.5. The van der Waals surface area contributed by atoms with Crippen LogP contribution in [0, 0.1) is 11.8 Å². The lowest BCUT2D eigenvalue weighted by Gasteiger charge is -2.09. The van der Waals surface area contributed by atoms with E-state index in [0.29, 0.717) is 50.5 Å². The SMILES string of the molecule is COc1cc(C#Cc2ccc3c(=O)c4cc(OC)c(OC)cc4oc3c2)cc(OC)c1. The molecule has 1 heterocycles. The van der Waals surface area contributed by atoms with Crippen molar-refractivity contribution in [2.75, 3.05) is 28.4 Å². The van der Waals surface area contributed by atoms with E-state index in [1.165, 1.54) is 14.2 Å². The van der Waals surface area contributed by atoms with Crippen molar-refractivity contribution < 1.29 is 23.4 Å². The van der Waals surface area contributed by atoms with Crippen molar-refractivity contribution in [2.24, 2.45) is 0 Å². The molecule has 0 aliphatic carbocycles. The van der Waals surface area contributed by atoms with Crippen LogP contribution in [-0.4, -0.2) is 28.4 Å². The maximum atomic E-state index is 13.0. The molecule has 0 fully saturated rings. The molecule has 0 N–H and O–H groups in total. The van der Waals surface area contributed by atoms with E-state index in [0.717, 1.165) is 5.56 Å². The summed E-state index contributed by atoms with van der Waals surface area (Å²) < 4.78 is 27.2. The van der Waals surface area contributed by atoms with Gasteiger partial charge >= 0.3 is 0 Å². The van der Waals surface area contributed by atoms with Gasteiger partial charge in [0, 0.05) is 23.3 Å². The Morgan fingerprint density at radius 3 is 1.90 bits per heavy atom. The van der Waals surface area contributed by atoms with E-state index >= 15 is 0 Å². The third kappa shape index (κ3) is 3.86. The highest BCUT2D eigenvalue weighted by Crippen LogP contribution is 2.32. The number of fused-ring (bicyclic) bond motifs is 2. The second-order valence-electron chi connectivity index (χ2n) is 6.70. The van der Waals surface area contributed by atoms with Crippen LogP contribution in [0.4, 0.5) is 0 Å². The number of hydrogen-bond donors (Lipinski definition) is 0. The number of benzene rings is 3. The Morgan fingerprint density at radius 1 is 0.645 bits per heavy atom. The number of hydrogen-bond acceptors (Lipinski definition) is 6. The van der Waals surface area contributed by atoms with E-state index in [9.17, 15) is 4.79 Å². The first kappa shape index (κ1) is 20.2. The van der Waals surface area contributed by atoms with Gasteiger partial charge in [-0.25, -0.2) is 0 Å². The van der Waals surface area contributed by atoms with Crippen molar-refractivity contribution in [3.8, 4) is 34.8 Å². The maximum Gasteiger partial charge on any atom is 0.200 e. The quantitative estimate of drug-likeness (QED) is 0.363. The van der Waals surface area contributed by atoms with Crippen LogP contribution in [0.25, 0.3) is 21.9 Å². The fourth-order valence-electron chi connectivity index (χ4n) is 3.28. The predicted octanol–water partition coefficient (Wildman–Crippen LogP) is 4.38. The van der Waals surface area contributed by atoms with Gasteiger partial charge in [0.1, 0.15) is 22.7 Å². The predicted molar refractivity (Wildman–Crippen MR) is 119 cm³/mol. The summed E-state index contributed by atoms with van der Waals surface area (Å²) in [5.41, 5.74) is 2.16. The summed E-state index contributed by atoms with van der Waals surface area (Å²) in [6, 6.07) is 14.0. The fraction of sp³-hybridized carbons (Fsp3) is 0.160. The van der Waals surface area contributed by atoms with Gasteiger partial charge in [0.05, 0.1) is 39.2 Å². The van der Waals surface area contributed by atoms with Crippen LogP contribution in [0.3, 0.4) is 0 Å². The number of rotatable bonds is 4. The molecular weight excluding hydrogens is 396 g/mol. The molecule has 0 aliphatic heterocycles. The minimum atomic E-state index is -0.144. The van der Waals surface area contributed by atoms with Crippen LogP contribution in [-0.2, 0) is 0 Å². The number of ether oxygens (including phenoxy) is 4. The zero-order chi connectivity index (χ0) is 22.0. The third-order valence-electron chi connectivity index (χ3n) is 4.88.